The first-order valence-electron chi connectivity index (χ1n) is 13.2. The molecule has 32 heavy (non-hydrogen) atoms. The van der Waals surface area contributed by atoms with Crippen molar-refractivity contribution in [1.29, 1.82) is 0 Å². The molecule has 3 atom stereocenters. The van der Waals surface area contributed by atoms with Crippen LogP contribution in [0, 0.1) is 11.8 Å². The number of likely N-dealkylation sites (tertiary alicyclic amines) is 2. The zero-order chi connectivity index (χ0) is 22.7. The molecule has 4 rings (SSSR count). The Morgan fingerprint density at radius 1 is 0.938 bits per heavy atom. The third-order valence-electron chi connectivity index (χ3n) is 8.55. The van der Waals surface area contributed by atoms with Crippen LogP contribution in [-0.2, 0) is 4.79 Å². The van der Waals surface area contributed by atoms with Crippen LogP contribution < -0.4 is 11.1 Å². The molecule has 0 aromatic heterocycles. The summed E-state index contributed by atoms with van der Waals surface area (Å²) in [5, 5.41) is 19.5. The maximum Gasteiger partial charge on any atom is 0.220 e. The number of primary amides is 1. The number of aliphatic hydroxyl groups excluding tert-OH is 1. The molecule has 184 valence electrons. The van der Waals surface area contributed by atoms with E-state index in [0.717, 1.165) is 78.0 Å². The minimum Gasteiger partial charge on any atom is -0.393 e. The van der Waals surface area contributed by atoms with Crippen molar-refractivity contribution in [1.82, 2.24) is 25.1 Å². The summed E-state index contributed by atoms with van der Waals surface area (Å²) in [4.78, 5) is 17.3. The second-order valence-electron chi connectivity index (χ2n) is 10.5. The minimum atomic E-state index is -0.214. The average Bonchev–Trinajstić information content (AvgIpc) is 2.82. The molecule has 8 nitrogen and oxygen atoms in total. The zero-order valence-electron chi connectivity index (χ0n) is 20.3. The SMILES string of the molecule is CCNC1C(C)CCN(N2CCC(C(N)=O)CC2)C1(N1CCCCC1)N1CCC(O)CC1. The van der Waals surface area contributed by atoms with Crippen molar-refractivity contribution in [3.05, 3.63) is 0 Å². The normalized spacial score (nSPS) is 35.8. The quantitative estimate of drug-likeness (QED) is 0.557. The van der Waals surface area contributed by atoms with Gasteiger partial charge in [-0.3, -0.25) is 14.6 Å². The Labute approximate surface area is 194 Å². The number of piperidine rings is 4. The van der Waals surface area contributed by atoms with E-state index >= 15 is 0 Å². The van der Waals surface area contributed by atoms with Crippen LogP contribution >= 0.6 is 0 Å². The highest BCUT2D eigenvalue weighted by Gasteiger charge is 2.58. The molecule has 4 aliphatic rings. The van der Waals surface area contributed by atoms with Crippen molar-refractivity contribution in [2.45, 2.75) is 83.1 Å². The molecule has 4 fully saturated rings. The van der Waals surface area contributed by atoms with Crippen molar-refractivity contribution < 1.29 is 9.90 Å². The third kappa shape index (κ3) is 4.59. The summed E-state index contributed by atoms with van der Waals surface area (Å²) in [5.41, 5.74) is 5.65. The van der Waals surface area contributed by atoms with Crippen molar-refractivity contribution in [2.75, 3.05) is 52.4 Å². The van der Waals surface area contributed by atoms with E-state index in [9.17, 15) is 9.90 Å². The molecule has 0 bridgehead atoms. The summed E-state index contributed by atoms with van der Waals surface area (Å²) in [5.74, 6) is 0.222. The van der Waals surface area contributed by atoms with Gasteiger partial charge in [-0.05, 0) is 57.4 Å². The van der Waals surface area contributed by atoms with Gasteiger partial charge in [-0.2, -0.15) is 0 Å². The van der Waals surface area contributed by atoms with Gasteiger partial charge in [0.05, 0.1) is 12.1 Å². The molecule has 4 N–H and O–H groups in total. The summed E-state index contributed by atoms with van der Waals surface area (Å²) < 4.78 is 0. The van der Waals surface area contributed by atoms with Gasteiger partial charge in [0.15, 0.2) is 5.79 Å². The Kier molecular flexibility index (Phi) is 8.11. The van der Waals surface area contributed by atoms with Gasteiger partial charge < -0.3 is 16.2 Å². The number of nitrogens with two attached hydrogens (primary N) is 1. The number of amides is 1. The Bertz CT molecular complexity index is 614. The van der Waals surface area contributed by atoms with Gasteiger partial charge in [0.25, 0.3) is 0 Å². The molecule has 8 heteroatoms. The number of likely N-dealkylation sites (N-methyl/N-ethyl adjacent to an activating group) is 1. The first-order chi connectivity index (χ1) is 15.5. The number of hydrogen-bond acceptors (Lipinski definition) is 7. The summed E-state index contributed by atoms with van der Waals surface area (Å²) in [6, 6.07) is 0.337. The van der Waals surface area contributed by atoms with Crippen molar-refractivity contribution in [2.24, 2.45) is 17.6 Å². The predicted octanol–water partition coefficient (Wildman–Crippen LogP) is 1.02. The minimum absolute atomic E-state index is 0.00838. The van der Waals surface area contributed by atoms with Crippen LogP contribution in [0.25, 0.3) is 0 Å². The summed E-state index contributed by atoms with van der Waals surface area (Å²) >= 11 is 0. The van der Waals surface area contributed by atoms with Gasteiger partial charge in [-0.1, -0.05) is 20.3 Å². The van der Waals surface area contributed by atoms with E-state index in [2.05, 4.69) is 39.0 Å². The molecule has 4 saturated heterocycles. The number of hydrazine groups is 1. The number of carbonyl (C=O) groups is 1. The fourth-order valence-corrected chi connectivity index (χ4v) is 6.84. The van der Waals surface area contributed by atoms with Crippen LogP contribution in [-0.4, -0.2) is 101 Å². The van der Waals surface area contributed by atoms with Gasteiger partial charge in [-0.15, -0.1) is 0 Å². The second kappa shape index (κ2) is 10.7. The van der Waals surface area contributed by atoms with Crippen LogP contribution in [0.1, 0.15) is 65.2 Å². The largest absolute Gasteiger partial charge is 0.393 e. The van der Waals surface area contributed by atoms with Crippen molar-refractivity contribution in [3.8, 4) is 0 Å². The molecular weight excluding hydrogens is 404 g/mol. The van der Waals surface area contributed by atoms with Crippen molar-refractivity contribution in [3.63, 3.8) is 0 Å². The molecule has 4 heterocycles. The van der Waals surface area contributed by atoms with Crippen LogP contribution in [0.15, 0.2) is 0 Å². The van der Waals surface area contributed by atoms with E-state index < -0.39 is 0 Å². The second-order valence-corrected chi connectivity index (χ2v) is 10.5. The number of nitrogens with one attached hydrogen (secondary N) is 1. The molecule has 0 aromatic rings. The highest BCUT2D eigenvalue weighted by molar-refractivity contribution is 5.76. The van der Waals surface area contributed by atoms with Gasteiger partial charge in [0.1, 0.15) is 0 Å². The topological polar surface area (TPSA) is 88.3 Å². The molecule has 4 aliphatic heterocycles. The lowest BCUT2D eigenvalue weighted by Gasteiger charge is -2.66. The fraction of sp³-hybridized carbons (Fsp3) is 0.958. The maximum absolute atomic E-state index is 11.8. The maximum atomic E-state index is 11.8. The lowest BCUT2D eigenvalue weighted by Crippen LogP contribution is -2.84. The Morgan fingerprint density at radius 2 is 1.56 bits per heavy atom. The van der Waals surface area contributed by atoms with E-state index in [1.165, 1.54) is 25.7 Å². The Morgan fingerprint density at radius 3 is 2.16 bits per heavy atom. The highest BCUT2D eigenvalue weighted by atomic mass is 16.3. The molecule has 0 spiro atoms. The average molecular weight is 451 g/mol. The van der Waals surface area contributed by atoms with Crippen LogP contribution in [0.3, 0.4) is 0 Å². The van der Waals surface area contributed by atoms with E-state index in [0.29, 0.717) is 12.0 Å². The molecule has 0 saturated carbocycles. The lowest BCUT2D eigenvalue weighted by molar-refractivity contribution is -0.295. The number of nitrogens with zero attached hydrogens (tertiary/aromatic N) is 4. The predicted molar refractivity (Wildman–Crippen MR) is 126 cm³/mol. The number of aliphatic hydroxyl groups is 1. The molecule has 0 aromatic carbocycles. The van der Waals surface area contributed by atoms with E-state index in [1.807, 2.05) is 0 Å². The van der Waals surface area contributed by atoms with Crippen molar-refractivity contribution >= 4 is 5.91 Å². The van der Waals surface area contributed by atoms with Crippen LogP contribution in [0.4, 0.5) is 0 Å². The molecule has 3 unspecified atom stereocenters. The third-order valence-corrected chi connectivity index (χ3v) is 8.55. The van der Waals surface area contributed by atoms with E-state index in [-0.39, 0.29) is 23.7 Å². The Hall–Kier alpha value is -0.770. The zero-order valence-corrected chi connectivity index (χ0v) is 20.3. The van der Waals surface area contributed by atoms with Crippen LogP contribution in [0.2, 0.25) is 0 Å². The van der Waals surface area contributed by atoms with E-state index in [4.69, 9.17) is 5.73 Å². The van der Waals surface area contributed by atoms with Gasteiger partial charge in [-0.25, -0.2) is 10.0 Å². The first-order valence-corrected chi connectivity index (χ1v) is 13.2. The molecular formula is C24H46N6O2. The molecule has 0 radical (unpaired) electrons. The number of hydrogen-bond donors (Lipinski definition) is 3. The molecule has 0 aliphatic carbocycles. The monoisotopic (exact) mass is 450 g/mol. The molecule has 1 amide bonds. The van der Waals surface area contributed by atoms with Gasteiger partial charge in [0.2, 0.25) is 5.91 Å². The standard InChI is InChI=1S/C24H46N6O2/c1-3-26-22-19(2)7-18-30(29-16-8-20(9-17-29)23(25)32)24(22,27-12-5-4-6-13-27)28-14-10-21(31)11-15-28/h19-22,26,31H,3-18H2,1-2H3,(H2,25,32). The van der Waals surface area contributed by atoms with Gasteiger partial charge in [0, 0.05) is 51.7 Å². The smallest absolute Gasteiger partial charge is 0.220 e. The lowest BCUT2D eigenvalue weighted by atomic mass is 9.83. The summed E-state index contributed by atoms with van der Waals surface area (Å²) in [6.45, 7) is 12.6. The number of rotatable bonds is 6. The Balaban J connectivity index is 1.72. The fourth-order valence-electron chi connectivity index (χ4n) is 6.84. The highest BCUT2D eigenvalue weighted by Crippen LogP contribution is 2.42. The van der Waals surface area contributed by atoms with Crippen LogP contribution in [0.5, 0.6) is 0 Å². The summed E-state index contributed by atoms with van der Waals surface area (Å²) in [7, 11) is 0. The first kappa shape index (κ1) is 24.4. The van der Waals surface area contributed by atoms with Gasteiger partial charge >= 0.3 is 0 Å². The van der Waals surface area contributed by atoms with E-state index in [1.54, 1.807) is 0 Å². The summed E-state index contributed by atoms with van der Waals surface area (Å²) in [6.07, 6.45) is 8.20. The number of carbonyl (C=O) groups excluding carboxylic acids is 1.